The molecule has 0 radical (unpaired) electrons. The van der Waals surface area contributed by atoms with Gasteiger partial charge in [-0.3, -0.25) is 0 Å². The lowest BCUT2D eigenvalue weighted by Crippen LogP contribution is -2.48. The zero-order chi connectivity index (χ0) is 15.5. The summed E-state index contributed by atoms with van der Waals surface area (Å²) in [4.78, 5) is 16.8. The summed E-state index contributed by atoms with van der Waals surface area (Å²) in [5, 5.41) is 8.70. The molecule has 1 fully saturated rings. The van der Waals surface area contributed by atoms with E-state index in [1.807, 2.05) is 0 Å². The van der Waals surface area contributed by atoms with Gasteiger partial charge in [0.1, 0.15) is 0 Å². The highest BCUT2D eigenvalue weighted by Crippen LogP contribution is 2.16. The fraction of sp³-hybridized carbons (Fsp3) is 0.538. The average molecular weight is 313 g/mol. The van der Waals surface area contributed by atoms with E-state index in [1.54, 1.807) is 0 Å². The highest BCUT2D eigenvalue weighted by atomic mass is 32.2. The van der Waals surface area contributed by atoms with E-state index in [0.29, 0.717) is 26.2 Å². The molecule has 1 aliphatic heterocycles. The standard InChI is InChI=1S/C13H19N3O4S/c1-2-5-15-6-8-16(9-7-15)21(19,20)12-4-3-11(10-14-12)13(17)18/h3-4,10H,2,5-9H2,1H3,(H,17,18). The van der Waals surface area contributed by atoms with Gasteiger partial charge in [-0.05, 0) is 25.1 Å². The Balaban J connectivity index is 2.10. The maximum Gasteiger partial charge on any atom is 0.337 e. The normalized spacial score (nSPS) is 17.8. The minimum Gasteiger partial charge on any atom is -0.478 e. The SMILES string of the molecule is CCCN1CCN(S(=O)(=O)c2ccc(C(=O)O)cn2)CC1. The zero-order valence-corrected chi connectivity index (χ0v) is 12.7. The molecule has 0 atom stereocenters. The minimum atomic E-state index is -3.64. The smallest absolute Gasteiger partial charge is 0.337 e. The number of aromatic nitrogens is 1. The lowest BCUT2D eigenvalue weighted by Gasteiger charge is -2.33. The van der Waals surface area contributed by atoms with Gasteiger partial charge >= 0.3 is 5.97 Å². The number of rotatable bonds is 5. The lowest BCUT2D eigenvalue weighted by molar-refractivity contribution is 0.0696. The van der Waals surface area contributed by atoms with E-state index in [1.165, 1.54) is 16.4 Å². The third-order valence-electron chi connectivity index (χ3n) is 3.46. The fourth-order valence-corrected chi connectivity index (χ4v) is 3.64. The van der Waals surface area contributed by atoms with Gasteiger partial charge in [-0.25, -0.2) is 18.2 Å². The minimum absolute atomic E-state index is 0.0262. The van der Waals surface area contributed by atoms with E-state index in [4.69, 9.17) is 5.11 Å². The molecule has 21 heavy (non-hydrogen) atoms. The first kappa shape index (κ1) is 15.9. The molecular formula is C13H19N3O4S. The predicted octanol–water partition coefficient (Wildman–Crippen LogP) is 0.496. The van der Waals surface area contributed by atoms with Crippen LogP contribution in [0.2, 0.25) is 0 Å². The molecule has 1 aromatic rings. The number of piperazine rings is 1. The Labute approximate surface area is 124 Å². The van der Waals surface area contributed by atoms with E-state index in [0.717, 1.165) is 19.2 Å². The van der Waals surface area contributed by atoms with Crippen LogP contribution in [-0.4, -0.2) is 66.4 Å². The molecule has 1 aliphatic rings. The second kappa shape index (κ2) is 6.50. The summed E-state index contributed by atoms with van der Waals surface area (Å²) < 4.78 is 26.3. The van der Waals surface area contributed by atoms with E-state index in [-0.39, 0.29) is 10.6 Å². The van der Waals surface area contributed by atoms with Gasteiger partial charge in [0.2, 0.25) is 0 Å². The summed E-state index contributed by atoms with van der Waals surface area (Å²) in [7, 11) is -3.64. The van der Waals surface area contributed by atoms with Crippen molar-refractivity contribution in [1.82, 2.24) is 14.2 Å². The molecule has 2 rings (SSSR count). The van der Waals surface area contributed by atoms with Gasteiger partial charge in [0.05, 0.1) is 5.56 Å². The van der Waals surface area contributed by atoms with E-state index in [2.05, 4.69) is 16.8 Å². The number of carbonyl (C=O) groups is 1. The molecule has 116 valence electrons. The number of nitrogens with zero attached hydrogens (tertiary/aromatic N) is 3. The molecule has 1 N–H and O–H groups in total. The topological polar surface area (TPSA) is 90.8 Å². The number of aromatic carboxylic acids is 1. The molecule has 7 nitrogen and oxygen atoms in total. The van der Waals surface area contributed by atoms with Crippen LogP contribution in [0.3, 0.4) is 0 Å². The molecule has 0 unspecified atom stereocenters. The van der Waals surface area contributed by atoms with Crippen LogP contribution in [0.15, 0.2) is 23.4 Å². The summed E-state index contributed by atoms with van der Waals surface area (Å²) in [6, 6.07) is 2.51. The van der Waals surface area contributed by atoms with Crippen molar-refractivity contribution in [2.75, 3.05) is 32.7 Å². The van der Waals surface area contributed by atoms with Crippen LogP contribution >= 0.6 is 0 Å². The molecule has 8 heteroatoms. The Hall–Kier alpha value is -1.51. The van der Waals surface area contributed by atoms with Crippen molar-refractivity contribution in [3.63, 3.8) is 0 Å². The zero-order valence-electron chi connectivity index (χ0n) is 11.9. The van der Waals surface area contributed by atoms with Crippen LogP contribution in [0.1, 0.15) is 23.7 Å². The molecule has 0 aromatic carbocycles. The van der Waals surface area contributed by atoms with Gasteiger partial charge < -0.3 is 10.0 Å². The first-order valence-electron chi connectivity index (χ1n) is 6.87. The van der Waals surface area contributed by atoms with Crippen LogP contribution in [0.25, 0.3) is 0 Å². The van der Waals surface area contributed by atoms with Crippen LogP contribution < -0.4 is 0 Å². The number of carboxylic acid groups (broad SMARTS) is 1. The second-order valence-electron chi connectivity index (χ2n) is 4.94. The summed E-state index contributed by atoms with van der Waals surface area (Å²) in [6.07, 6.45) is 2.12. The third kappa shape index (κ3) is 3.58. The Morgan fingerprint density at radius 3 is 2.43 bits per heavy atom. The van der Waals surface area contributed by atoms with E-state index < -0.39 is 16.0 Å². The van der Waals surface area contributed by atoms with Crippen LogP contribution in [0, 0.1) is 0 Å². The van der Waals surface area contributed by atoms with Crippen molar-refractivity contribution >= 4 is 16.0 Å². The maximum atomic E-state index is 12.4. The fourth-order valence-electron chi connectivity index (χ4n) is 2.30. The van der Waals surface area contributed by atoms with Crippen molar-refractivity contribution in [3.8, 4) is 0 Å². The maximum absolute atomic E-state index is 12.4. The first-order chi connectivity index (χ1) is 9.95. The van der Waals surface area contributed by atoms with Crippen molar-refractivity contribution < 1.29 is 18.3 Å². The van der Waals surface area contributed by atoms with Gasteiger partial charge in [0, 0.05) is 32.4 Å². The Kier molecular flexibility index (Phi) is 4.92. The molecule has 0 amide bonds. The Morgan fingerprint density at radius 1 is 1.29 bits per heavy atom. The Bertz CT molecular complexity index is 592. The molecule has 1 aromatic heterocycles. The van der Waals surface area contributed by atoms with Crippen molar-refractivity contribution in [2.24, 2.45) is 0 Å². The van der Waals surface area contributed by atoms with Crippen LogP contribution in [0.4, 0.5) is 0 Å². The summed E-state index contributed by atoms with van der Waals surface area (Å²) >= 11 is 0. The second-order valence-corrected chi connectivity index (χ2v) is 6.82. The molecule has 2 heterocycles. The quantitative estimate of drug-likeness (QED) is 0.851. The largest absolute Gasteiger partial charge is 0.478 e. The van der Waals surface area contributed by atoms with E-state index in [9.17, 15) is 13.2 Å². The van der Waals surface area contributed by atoms with Crippen LogP contribution in [0.5, 0.6) is 0 Å². The Morgan fingerprint density at radius 2 is 1.95 bits per heavy atom. The molecule has 0 aliphatic carbocycles. The van der Waals surface area contributed by atoms with E-state index >= 15 is 0 Å². The molecule has 0 bridgehead atoms. The van der Waals surface area contributed by atoms with Gasteiger partial charge in [-0.2, -0.15) is 4.31 Å². The number of hydrogen-bond donors (Lipinski definition) is 1. The monoisotopic (exact) mass is 313 g/mol. The molecule has 0 saturated carbocycles. The van der Waals surface area contributed by atoms with Gasteiger partial charge in [0.15, 0.2) is 5.03 Å². The molecule has 0 spiro atoms. The van der Waals surface area contributed by atoms with Crippen molar-refractivity contribution in [3.05, 3.63) is 23.9 Å². The summed E-state index contributed by atoms with van der Waals surface area (Å²) in [6.45, 7) is 5.35. The number of sulfonamides is 1. The number of pyridine rings is 1. The number of hydrogen-bond acceptors (Lipinski definition) is 5. The highest BCUT2D eigenvalue weighted by molar-refractivity contribution is 7.89. The van der Waals surface area contributed by atoms with Gasteiger partial charge in [-0.1, -0.05) is 6.92 Å². The summed E-state index contributed by atoms with van der Waals surface area (Å²) in [5.41, 5.74) is -0.0262. The number of carboxylic acids is 1. The highest BCUT2D eigenvalue weighted by Gasteiger charge is 2.29. The average Bonchev–Trinajstić information content (AvgIpc) is 2.48. The predicted molar refractivity (Wildman–Crippen MR) is 76.7 cm³/mol. The lowest BCUT2D eigenvalue weighted by atomic mass is 10.3. The molecule has 1 saturated heterocycles. The van der Waals surface area contributed by atoms with Gasteiger partial charge in [-0.15, -0.1) is 0 Å². The van der Waals surface area contributed by atoms with Crippen molar-refractivity contribution in [2.45, 2.75) is 18.4 Å². The molecular weight excluding hydrogens is 294 g/mol. The van der Waals surface area contributed by atoms with Crippen LogP contribution in [-0.2, 0) is 10.0 Å². The van der Waals surface area contributed by atoms with Gasteiger partial charge in [0.25, 0.3) is 10.0 Å². The third-order valence-corrected chi connectivity index (χ3v) is 5.27. The first-order valence-corrected chi connectivity index (χ1v) is 8.31. The summed E-state index contributed by atoms with van der Waals surface area (Å²) in [5.74, 6) is -1.13. The van der Waals surface area contributed by atoms with Crippen molar-refractivity contribution in [1.29, 1.82) is 0 Å².